The van der Waals surface area contributed by atoms with Gasteiger partial charge in [-0.2, -0.15) is 0 Å². The maximum atomic E-state index is 11.3. The zero-order valence-electron chi connectivity index (χ0n) is 11.5. The van der Waals surface area contributed by atoms with Crippen LogP contribution in [0.2, 0.25) is 0 Å². The maximum absolute atomic E-state index is 11.3. The third-order valence-electron chi connectivity index (χ3n) is 3.29. The molecule has 1 amide bonds. The Morgan fingerprint density at radius 2 is 2.11 bits per heavy atom. The first kappa shape index (κ1) is 14.6. The Hall–Kier alpha value is -1.42. The minimum Gasteiger partial charge on any atom is -0.359 e. The number of aromatic nitrogens is 1. The average molecular weight is 249 g/mol. The smallest absolute Gasteiger partial charge is 0.225 e. The van der Waals surface area contributed by atoms with Crippen molar-refractivity contribution in [3.8, 4) is 0 Å². The molecule has 1 aliphatic rings. The van der Waals surface area contributed by atoms with Crippen molar-refractivity contribution in [2.75, 3.05) is 20.1 Å². The van der Waals surface area contributed by atoms with E-state index >= 15 is 0 Å². The van der Waals surface area contributed by atoms with Crippen molar-refractivity contribution in [2.45, 2.75) is 26.7 Å². The van der Waals surface area contributed by atoms with Gasteiger partial charge in [0.2, 0.25) is 5.91 Å². The minimum absolute atomic E-state index is 0.125. The molecule has 18 heavy (non-hydrogen) atoms. The van der Waals surface area contributed by atoms with Crippen LogP contribution < -0.4 is 10.6 Å². The van der Waals surface area contributed by atoms with Crippen LogP contribution in [-0.4, -0.2) is 31.0 Å². The van der Waals surface area contributed by atoms with Crippen LogP contribution in [0.5, 0.6) is 0 Å². The zero-order valence-corrected chi connectivity index (χ0v) is 11.5. The monoisotopic (exact) mass is 249 g/mol. The summed E-state index contributed by atoms with van der Waals surface area (Å²) in [4.78, 5) is 15.2. The molecule has 0 aliphatic carbocycles. The third-order valence-corrected chi connectivity index (χ3v) is 3.29. The molecule has 100 valence electrons. The first-order valence-electron chi connectivity index (χ1n) is 6.38. The first-order chi connectivity index (χ1) is 8.58. The standard InChI is InChI=1S/C8H16N2O.C6H7N/c1-8(7(11)9-2)3-5-10-6-4-8;1-6-3-2-4-7-5-6/h10H,3-6H2,1-2H3,(H,9,11);2-5H,1H3. The summed E-state index contributed by atoms with van der Waals surface area (Å²) in [6.07, 6.45) is 5.51. The van der Waals surface area contributed by atoms with E-state index in [1.165, 1.54) is 5.56 Å². The summed E-state index contributed by atoms with van der Waals surface area (Å²) in [7, 11) is 1.70. The van der Waals surface area contributed by atoms with Crippen LogP contribution in [0.1, 0.15) is 25.3 Å². The van der Waals surface area contributed by atoms with E-state index in [-0.39, 0.29) is 11.3 Å². The van der Waals surface area contributed by atoms with Crippen LogP contribution in [0.25, 0.3) is 0 Å². The molecule has 2 N–H and O–H groups in total. The summed E-state index contributed by atoms with van der Waals surface area (Å²) in [5.41, 5.74) is 1.09. The molecule has 0 bridgehead atoms. The molecule has 2 rings (SSSR count). The minimum atomic E-state index is -0.125. The first-order valence-corrected chi connectivity index (χ1v) is 6.38. The van der Waals surface area contributed by atoms with Gasteiger partial charge in [0.25, 0.3) is 0 Å². The molecule has 1 aromatic rings. The fourth-order valence-corrected chi connectivity index (χ4v) is 1.96. The van der Waals surface area contributed by atoms with E-state index in [4.69, 9.17) is 0 Å². The Labute approximate surface area is 109 Å². The van der Waals surface area contributed by atoms with Gasteiger partial charge in [-0.25, -0.2) is 0 Å². The van der Waals surface area contributed by atoms with E-state index in [1.807, 2.05) is 32.2 Å². The molecule has 0 aromatic carbocycles. The molecule has 4 heteroatoms. The average Bonchev–Trinajstić information content (AvgIpc) is 2.40. The van der Waals surface area contributed by atoms with Gasteiger partial charge in [-0.1, -0.05) is 13.0 Å². The van der Waals surface area contributed by atoms with Gasteiger partial charge in [0.15, 0.2) is 0 Å². The predicted molar refractivity (Wildman–Crippen MR) is 73.3 cm³/mol. The molecule has 1 saturated heterocycles. The van der Waals surface area contributed by atoms with Crippen molar-refractivity contribution in [2.24, 2.45) is 5.41 Å². The Balaban J connectivity index is 0.000000199. The number of hydrogen-bond acceptors (Lipinski definition) is 3. The number of nitrogens with one attached hydrogen (secondary N) is 2. The number of hydrogen-bond donors (Lipinski definition) is 2. The highest BCUT2D eigenvalue weighted by Gasteiger charge is 2.33. The molecule has 0 spiro atoms. The van der Waals surface area contributed by atoms with E-state index < -0.39 is 0 Å². The summed E-state index contributed by atoms with van der Waals surface area (Å²) in [5, 5.41) is 5.95. The molecular formula is C14H23N3O. The van der Waals surface area contributed by atoms with Crippen LogP contribution in [0.15, 0.2) is 24.5 Å². The van der Waals surface area contributed by atoms with E-state index in [1.54, 1.807) is 13.2 Å². The third kappa shape index (κ3) is 4.45. The second-order valence-electron chi connectivity index (χ2n) is 4.92. The second-order valence-corrected chi connectivity index (χ2v) is 4.92. The lowest BCUT2D eigenvalue weighted by Gasteiger charge is -2.31. The molecule has 4 nitrogen and oxygen atoms in total. The molecule has 0 saturated carbocycles. The fourth-order valence-electron chi connectivity index (χ4n) is 1.96. The molecular weight excluding hydrogens is 226 g/mol. The van der Waals surface area contributed by atoms with E-state index in [9.17, 15) is 4.79 Å². The molecule has 0 radical (unpaired) electrons. The van der Waals surface area contributed by atoms with Crippen LogP contribution in [0.4, 0.5) is 0 Å². The van der Waals surface area contributed by atoms with Gasteiger partial charge in [0, 0.05) is 24.9 Å². The molecule has 1 aromatic heterocycles. The molecule has 0 atom stereocenters. The number of aryl methyl sites for hydroxylation is 1. The van der Waals surface area contributed by atoms with Crippen LogP contribution in [0.3, 0.4) is 0 Å². The number of pyridine rings is 1. The Kier molecular flexibility index (Phi) is 5.78. The Bertz CT molecular complexity index is 359. The number of piperidine rings is 1. The summed E-state index contributed by atoms with van der Waals surface area (Å²) < 4.78 is 0. The lowest BCUT2D eigenvalue weighted by Crippen LogP contribution is -2.44. The van der Waals surface area contributed by atoms with Crippen molar-refractivity contribution >= 4 is 5.91 Å². The molecule has 1 aliphatic heterocycles. The Morgan fingerprint density at radius 3 is 2.50 bits per heavy atom. The summed E-state index contributed by atoms with van der Waals surface area (Å²) in [6.45, 7) is 5.98. The predicted octanol–water partition coefficient (Wildman–Crippen LogP) is 1.51. The number of rotatable bonds is 1. The Morgan fingerprint density at radius 1 is 1.44 bits per heavy atom. The SMILES string of the molecule is CNC(=O)C1(C)CCNCC1.Cc1cccnc1. The van der Waals surface area contributed by atoms with Gasteiger partial charge < -0.3 is 10.6 Å². The van der Waals surface area contributed by atoms with Crippen LogP contribution in [0, 0.1) is 12.3 Å². The van der Waals surface area contributed by atoms with Crippen molar-refractivity contribution in [1.29, 1.82) is 0 Å². The highest BCUT2D eigenvalue weighted by atomic mass is 16.2. The molecule has 1 fully saturated rings. The van der Waals surface area contributed by atoms with Crippen LogP contribution >= 0.6 is 0 Å². The highest BCUT2D eigenvalue weighted by molar-refractivity contribution is 5.82. The van der Waals surface area contributed by atoms with E-state index in [0.717, 1.165) is 25.9 Å². The number of amides is 1. The van der Waals surface area contributed by atoms with Gasteiger partial charge in [0.1, 0.15) is 0 Å². The summed E-state index contributed by atoms with van der Waals surface area (Å²) in [6, 6.07) is 3.95. The topological polar surface area (TPSA) is 54.0 Å². The van der Waals surface area contributed by atoms with Crippen molar-refractivity contribution in [3.05, 3.63) is 30.1 Å². The van der Waals surface area contributed by atoms with Crippen LogP contribution in [-0.2, 0) is 4.79 Å². The number of carbonyl (C=O) groups is 1. The maximum Gasteiger partial charge on any atom is 0.225 e. The zero-order chi connectivity index (χ0) is 13.4. The fraction of sp³-hybridized carbons (Fsp3) is 0.571. The highest BCUT2D eigenvalue weighted by Crippen LogP contribution is 2.27. The van der Waals surface area contributed by atoms with Gasteiger partial charge >= 0.3 is 0 Å². The second kappa shape index (κ2) is 7.11. The molecule has 2 heterocycles. The largest absolute Gasteiger partial charge is 0.359 e. The number of nitrogens with zero attached hydrogens (tertiary/aromatic N) is 1. The lowest BCUT2D eigenvalue weighted by atomic mass is 9.80. The van der Waals surface area contributed by atoms with E-state index in [0.29, 0.717) is 0 Å². The van der Waals surface area contributed by atoms with Crippen molar-refractivity contribution in [3.63, 3.8) is 0 Å². The van der Waals surface area contributed by atoms with Gasteiger partial charge in [0.05, 0.1) is 0 Å². The van der Waals surface area contributed by atoms with Gasteiger partial charge in [-0.15, -0.1) is 0 Å². The lowest BCUT2D eigenvalue weighted by molar-refractivity contribution is -0.131. The number of carbonyl (C=O) groups excluding carboxylic acids is 1. The van der Waals surface area contributed by atoms with Gasteiger partial charge in [-0.05, 0) is 44.5 Å². The molecule has 0 unspecified atom stereocenters. The van der Waals surface area contributed by atoms with Crippen molar-refractivity contribution in [1.82, 2.24) is 15.6 Å². The van der Waals surface area contributed by atoms with E-state index in [2.05, 4.69) is 15.6 Å². The quantitative estimate of drug-likeness (QED) is 0.793. The van der Waals surface area contributed by atoms with Crippen molar-refractivity contribution < 1.29 is 4.79 Å². The van der Waals surface area contributed by atoms with Gasteiger partial charge in [-0.3, -0.25) is 9.78 Å². The normalized spacial score (nSPS) is 17.3. The summed E-state index contributed by atoms with van der Waals surface area (Å²) in [5.74, 6) is 0.180. The summed E-state index contributed by atoms with van der Waals surface area (Å²) >= 11 is 0.